The number of amides is 1. The lowest BCUT2D eigenvalue weighted by molar-refractivity contribution is -0.119. The van der Waals surface area contributed by atoms with Crippen molar-refractivity contribution in [2.24, 2.45) is 0 Å². The summed E-state index contributed by atoms with van der Waals surface area (Å²) < 4.78 is 25.0. The number of para-hydroxylation sites is 1. The van der Waals surface area contributed by atoms with Crippen molar-refractivity contribution in [3.8, 4) is 0 Å². The second-order valence-electron chi connectivity index (χ2n) is 4.98. The van der Waals surface area contributed by atoms with Gasteiger partial charge < -0.3 is 5.32 Å². The van der Waals surface area contributed by atoms with Gasteiger partial charge >= 0.3 is 0 Å². The lowest BCUT2D eigenvalue weighted by Gasteiger charge is -2.22. The van der Waals surface area contributed by atoms with Gasteiger partial charge in [0.15, 0.2) is 0 Å². The first-order valence-corrected chi connectivity index (χ1v) is 9.13. The smallest absolute Gasteiger partial charge is 0.241 e. The molecule has 5 nitrogen and oxygen atoms in total. The van der Waals surface area contributed by atoms with Crippen LogP contribution in [0.4, 0.5) is 5.69 Å². The quantitative estimate of drug-likeness (QED) is 0.868. The molecule has 0 spiro atoms. The Labute approximate surface area is 140 Å². The molecule has 0 heterocycles. The molecule has 0 aliphatic carbocycles. The van der Waals surface area contributed by atoms with Gasteiger partial charge in [0.1, 0.15) is 6.54 Å². The Morgan fingerprint density at radius 3 is 2.30 bits per heavy atom. The van der Waals surface area contributed by atoms with Crippen LogP contribution in [0.2, 0.25) is 5.02 Å². The van der Waals surface area contributed by atoms with Crippen molar-refractivity contribution >= 4 is 33.2 Å². The minimum Gasteiger partial charge on any atom is -0.350 e. The molecule has 1 amide bonds. The van der Waals surface area contributed by atoms with Crippen LogP contribution in [0.1, 0.15) is 5.56 Å². The summed E-state index contributed by atoms with van der Waals surface area (Å²) >= 11 is 6.04. The van der Waals surface area contributed by atoms with Crippen LogP contribution < -0.4 is 9.62 Å². The van der Waals surface area contributed by atoms with Gasteiger partial charge in [-0.3, -0.25) is 9.10 Å². The Hall–Kier alpha value is -2.05. The molecule has 7 heteroatoms. The second-order valence-corrected chi connectivity index (χ2v) is 7.30. The number of hydrogen-bond donors (Lipinski definition) is 1. The first-order valence-electron chi connectivity index (χ1n) is 6.91. The molecule has 0 bridgehead atoms. The summed E-state index contributed by atoms with van der Waals surface area (Å²) in [6.07, 6.45) is 1.04. The molecule has 0 radical (unpaired) electrons. The highest BCUT2D eigenvalue weighted by Gasteiger charge is 2.22. The maximum atomic E-state index is 12.1. The Balaban J connectivity index is 2.10. The molecule has 0 saturated carbocycles. The SMILES string of the molecule is CS(=O)(=O)N(CC(=O)NCc1ccccc1)c1ccccc1Cl. The van der Waals surface area contributed by atoms with Crippen molar-refractivity contribution < 1.29 is 13.2 Å². The van der Waals surface area contributed by atoms with Crippen molar-refractivity contribution in [2.75, 3.05) is 17.1 Å². The van der Waals surface area contributed by atoms with E-state index in [9.17, 15) is 13.2 Å². The van der Waals surface area contributed by atoms with Crippen LogP contribution in [0.3, 0.4) is 0 Å². The Bertz CT molecular complexity index is 779. The second kappa shape index (κ2) is 7.48. The van der Waals surface area contributed by atoms with Crippen LogP contribution in [-0.2, 0) is 21.4 Å². The number of carbonyl (C=O) groups is 1. The summed E-state index contributed by atoms with van der Waals surface area (Å²) in [7, 11) is -3.63. The molecule has 2 aromatic carbocycles. The molecule has 2 rings (SSSR count). The zero-order valence-electron chi connectivity index (χ0n) is 12.6. The van der Waals surface area contributed by atoms with Crippen LogP contribution in [0.5, 0.6) is 0 Å². The maximum absolute atomic E-state index is 12.1. The fraction of sp³-hybridized carbons (Fsp3) is 0.188. The monoisotopic (exact) mass is 352 g/mol. The lowest BCUT2D eigenvalue weighted by atomic mass is 10.2. The molecule has 0 saturated heterocycles. The summed E-state index contributed by atoms with van der Waals surface area (Å²) in [5.74, 6) is -0.404. The van der Waals surface area contributed by atoms with Crippen LogP contribution in [0.15, 0.2) is 54.6 Å². The van der Waals surface area contributed by atoms with Crippen LogP contribution >= 0.6 is 11.6 Å². The Morgan fingerprint density at radius 2 is 1.70 bits per heavy atom. The third-order valence-electron chi connectivity index (χ3n) is 3.14. The van der Waals surface area contributed by atoms with E-state index in [2.05, 4.69) is 5.32 Å². The molecule has 1 N–H and O–H groups in total. The van der Waals surface area contributed by atoms with E-state index in [1.54, 1.807) is 24.3 Å². The lowest BCUT2D eigenvalue weighted by Crippen LogP contribution is -2.40. The molecule has 0 atom stereocenters. The number of sulfonamides is 1. The van der Waals surface area contributed by atoms with E-state index in [-0.39, 0.29) is 17.3 Å². The van der Waals surface area contributed by atoms with Gasteiger partial charge in [0.2, 0.25) is 15.9 Å². The molecular formula is C16H17ClN2O3S. The molecule has 2 aromatic rings. The number of hydrogen-bond acceptors (Lipinski definition) is 3. The van der Waals surface area contributed by atoms with Gasteiger partial charge in [-0.2, -0.15) is 0 Å². The molecule has 0 aromatic heterocycles. The van der Waals surface area contributed by atoms with Crippen LogP contribution in [0.25, 0.3) is 0 Å². The summed E-state index contributed by atoms with van der Waals surface area (Å²) in [6.45, 7) is 0.00912. The number of rotatable bonds is 6. The van der Waals surface area contributed by atoms with E-state index in [1.165, 1.54) is 0 Å². The maximum Gasteiger partial charge on any atom is 0.241 e. The average molecular weight is 353 g/mol. The van der Waals surface area contributed by atoms with Gasteiger partial charge in [-0.1, -0.05) is 54.1 Å². The minimum atomic E-state index is -3.63. The summed E-state index contributed by atoms with van der Waals surface area (Å²) in [6, 6.07) is 15.9. The van der Waals surface area contributed by atoms with E-state index in [0.717, 1.165) is 16.1 Å². The average Bonchev–Trinajstić information content (AvgIpc) is 2.51. The molecule has 0 unspecified atom stereocenters. The first kappa shape index (κ1) is 17.3. The predicted molar refractivity (Wildman–Crippen MR) is 91.9 cm³/mol. The summed E-state index contributed by atoms with van der Waals surface area (Å²) in [5.41, 5.74) is 1.22. The fourth-order valence-electron chi connectivity index (χ4n) is 2.02. The van der Waals surface area contributed by atoms with Gasteiger partial charge in [0.05, 0.1) is 17.0 Å². The molecule has 23 heavy (non-hydrogen) atoms. The molecular weight excluding hydrogens is 336 g/mol. The largest absolute Gasteiger partial charge is 0.350 e. The third kappa shape index (κ3) is 4.97. The number of halogens is 1. The number of nitrogens with zero attached hydrogens (tertiary/aromatic N) is 1. The number of anilines is 1. The van der Waals surface area contributed by atoms with E-state index in [4.69, 9.17) is 11.6 Å². The standard InChI is InChI=1S/C16H17ClN2O3S/c1-23(21,22)19(15-10-6-5-9-14(15)17)12-16(20)18-11-13-7-3-2-4-8-13/h2-10H,11-12H2,1H3,(H,18,20). The zero-order valence-corrected chi connectivity index (χ0v) is 14.1. The normalized spacial score (nSPS) is 11.0. The summed E-state index contributed by atoms with van der Waals surface area (Å²) in [4.78, 5) is 12.1. The molecule has 0 aliphatic rings. The number of benzene rings is 2. The van der Waals surface area contributed by atoms with E-state index in [0.29, 0.717) is 6.54 Å². The van der Waals surface area contributed by atoms with Crippen molar-refractivity contribution in [1.82, 2.24) is 5.32 Å². The van der Waals surface area contributed by atoms with Gasteiger partial charge in [0, 0.05) is 6.54 Å². The highest BCUT2D eigenvalue weighted by Crippen LogP contribution is 2.26. The highest BCUT2D eigenvalue weighted by atomic mass is 35.5. The van der Waals surface area contributed by atoms with Gasteiger partial charge in [0.25, 0.3) is 0 Å². The highest BCUT2D eigenvalue weighted by molar-refractivity contribution is 7.92. The van der Waals surface area contributed by atoms with Crippen LogP contribution in [-0.4, -0.2) is 27.1 Å². The Kier molecular flexibility index (Phi) is 5.63. The predicted octanol–water partition coefficient (Wildman–Crippen LogP) is 2.42. The van der Waals surface area contributed by atoms with Gasteiger partial charge in [-0.05, 0) is 17.7 Å². The summed E-state index contributed by atoms with van der Waals surface area (Å²) in [5, 5.41) is 2.97. The number of carbonyl (C=O) groups excluding carboxylic acids is 1. The third-order valence-corrected chi connectivity index (χ3v) is 4.59. The van der Waals surface area contributed by atoms with Crippen LogP contribution in [0, 0.1) is 0 Å². The van der Waals surface area contributed by atoms with E-state index >= 15 is 0 Å². The van der Waals surface area contributed by atoms with E-state index in [1.807, 2.05) is 30.3 Å². The van der Waals surface area contributed by atoms with Gasteiger partial charge in [-0.25, -0.2) is 8.42 Å². The topological polar surface area (TPSA) is 66.5 Å². The molecule has 0 fully saturated rings. The number of nitrogens with one attached hydrogen (secondary N) is 1. The fourth-order valence-corrected chi connectivity index (χ4v) is 3.17. The molecule has 122 valence electrons. The Morgan fingerprint density at radius 1 is 1.09 bits per heavy atom. The van der Waals surface area contributed by atoms with E-state index < -0.39 is 15.9 Å². The van der Waals surface area contributed by atoms with Crippen molar-refractivity contribution in [3.05, 3.63) is 65.2 Å². The molecule has 0 aliphatic heterocycles. The zero-order chi connectivity index (χ0) is 16.9. The van der Waals surface area contributed by atoms with Crippen molar-refractivity contribution in [1.29, 1.82) is 0 Å². The van der Waals surface area contributed by atoms with Crippen molar-refractivity contribution in [2.45, 2.75) is 6.54 Å². The van der Waals surface area contributed by atoms with Crippen molar-refractivity contribution in [3.63, 3.8) is 0 Å². The minimum absolute atomic E-state index is 0.272. The first-order chi connectivity index (χ1) is 10.9. The van der Waals surface area contributed by atoms with Gasteiger partial charge in [-0.15, -0.1) is 0 Å².